The van der Waals surface area contributed by atoms with Crippen LogP contribution in [0.15, 0.2) is 22.7 Å². The minimum Gasteiger partial charge on any atom is -0.478 e. The van der Waals surface area contributed by atoms with Crippen LogP contribution >= 0.6 is 15.9 Å². The van der Waals surface area contributed by atoms with Crippen molar-refractivity contribution in [3.63, 3.8) is 0 Å². The number of carboxylic acid groups (broad SMARTS) is 1. The maximum absolute atomic E-state index is 11.6. The summed E-state index contributed by atoms with van der Waals surface area (Å²) in [5, 5.41) is 14.3. The van der Waals surface area contributed by atoms with Crippen LogP contribution < -0.4 is 10.6 Å². The van der Waals surface area contributed by atoms with Crippen LogP contribution in [-0.4, -0.2) is 23.1 Å². The summed E-state index contributed by atoms with van der Waals surface area (Å²) in [6, 6.07) is 4.22. The molecule has 2 amide bonds. The molecule has 98 valence electrons. The standard InChI is InChI=1S/C12H15BrN2O3/c1-3-7(2)14-12(18)15-10-6-8(13)4-5-9(10)11(16)17/h4-7H,3H2,1-2H3,(H,16,17)(H2,14,15,18). The Morgan fingerprint density at radius 2 is 2.11 bits per heavy atom. The number of anilines is 1. The van der Waals surface area contributed by atoms with Crippen molar-refractivity contribution in [3.05, 3.63) is 28.2 Å². The number of benzene rings is 1. The first-order valence-corrected chi connectivity index (χ1v) is 6.33. The Morgan fingerprint density at radius 3 is 2.67 bits per heavy atom. The molecule has 0 fully saturated rings. The Balaban J connectivity index is 2.86. The van der Waals surface area contributed by atoms with E-state index in [-0.39, 0.29) is 17.3 Å². The Bertz CT molecular complexity index is 463. The Morgan fingerprint density at radius 1 is 1.44 bits per heavy atom. The largest absolute Gasteiger partial charge is 0.478 e. The highest BCUT2D eigenvalue weighted by molar-refractivity contribution is 9.10. The van der Waals surface area contributed by atoms with Crippen molar-refractivity contribution >= 4 is 33.6 Å². The number of aromatic carboxylic acids is 1. The van der Waals surface area contributed by atoms with Crippen molar-refractivity contribution in [1.29, 1.82) is 0 Å². The van der Waals surface area contributed by atoms with Crippen LogP contribution in [0.1, 0.15) is 30.6 Å². The lowest BCUT2D eigenvalue weighted by molar-refractivity contribution is 0.0698. The highest BCUT2D eigenvalue weighted by Crippen LogP contribution is 2.21. The highest BCUT2D eigenvalue weighted by atomic mass is 79.9. The number of nitrogens with one attached hydrogen (secondary N) is 2. The molecule has 3 N–H and O–H groups in total. The fraction of sp³-hybridized carbons (Fsp3) is 0.333. The van der Waals surface area contributed by atoms with Gasteiger partial charge in [0.15, 0.2) is 0 Å². The highest BCUT2D eigenvalue weighted by Gasteiger charge is 2.13. The molecule has 6 heteroatoms. The van der Waals surface area contributed by atoms with Crippen LogP contribution in [0.3, 0.4) is 0 Å². The molecule has 0 heterocycles. The maximum Gasteiger partial charge on any atom is 0.337 e. The van der Waals surface area contributed by atoms with E-state index >= 15 is 0 Å². The summed E-state index contributed by atoms with van der Waals surface area (Å²) in [6.45, 7) is 3.82. The zero-order valence-corrected chi connectivity index (χ0v) is 11.7. The van der Waals surface area contributed by atoms with Crippen molar-refractivity contribution < 1.29 is 14.7 Å². The molecular weight excluding hydrogens is 300 g/mol. The van der Waals surface area contributed by atoms with Crippen molar-refractivity contribution in [1.82, 2.24) is 5.32 Å². The molecule has 1 aromatic rings. The van der Waals surface area contributed by atoms with Gasteiger partial charge in [-0.05, 0) is 31.5 Å². The molecule has 1 atom stereocenters. The Kier molecular flexibility index (Phi) is 5.15. The van der Waals surface area contributed by atoms with E-state index in [4.69, 9.17) is 5.11 Å². The van der Waals surface area contributed by atoms with Crippen LogP contribution in [-0.2, 0) is 0 Å². The molecule has 1 aromatic carbocycles. The van der Waals surface area contributed by atoms with E-state index in [1.54, 1.807) is 12.1 Å². The minimum absolute atomic E-state index is 0.0328. The number of carboxylic acids is 1. The summed E-state index contributed by atoms with van der Waals surface area (Å²) in [4.78, 5) is 22.6. The summed E-state index contributed by atoms with van der Waals surface area (Å²) < 4.78 is 0.700. The number of hydrogen-bond donors (Lipinski definition) is 3. The molecule has 0 saturated heterocycles. The zero-order valence-electron chi connectivity index (χ0n) is 10.2. The first kappa shape index (κ1) is 14.5. The van der Waals surface area contributed by atoms with Gasteiger partial charge in [0.1, 0.15) is 0 Å². The summed E-state index contributed by atoms with van der Waals surface area (Å²) in [5.74, 6) is -1.08. The van der Waals surface area contributed by atoms with Crippen LogP contribution in [0.25, 0.3) is 0 Å². The van der Waals surface area contributed by atoms with Crippen LogP contribution in [0.2, 0.25) is 0 Å². The van der Waals surface area contributed by atoms with Gasteiger partial charge in [-0.15, -0.1) is 0 Å². The van der Waals surface area contributed by atoms with Crippen molar-refractivity contribution in [2.45, 2.75) is 26.3 Å². The number of urea groups is 1. The molecule has 18 heavy (non-hydrogen) atoms. The molecule has 0 spiro atoms. The third-order valence-electron chi connectivity index (χ3n) is 2.45. The Hall–Kier alpha value is -1.56. The topological polar surface area (TPSA) is 78.4 Å². The third kappa shape index (κ3) is 4.03. The number of hydrogen-bond acceptors (Lipinski definition) is 2. The monoisotopic (exact) mass is 314 g/mol. The van der Waals surface area contributed by atoms with E-state index in [1.165, 1.54) is 6.07 Å². The van der Waals surface area contributed by atoms with E-state index in [2.05, 4.69) is 26.6 Å². The average molecular weight is 315 g/mol. The minimum atomic E-state index is -1.08. The second kappa shape index (κ2) is 6.39. The Labute approximate surface area is 114 Å². The second-order valence-electron chi connectivity index (χ2n) is 3.90. The van der Waals surface area contributed by atoms with E-state index < -0.39 is 12.0 Å². The number of amides is 2. The van der Waals surface area contributed by atoms with Gasteiger partial charge in [0.2, 0.25) is 0 Å². The molecule has 0 saturated carbocycles. The predicted molar refractivity (Wildman–Crippen MR) is 73.0 cm³/mol. The molecule has 1 unspecified atom stereocenters. The van der Waals surface area contributed by atoms with Gasteiger partial charge in [-0.3, -0.25) is 0 Å². The van der Waals surface area contributed by atoms with E-state index in [9.17, 15) is 9.59 Å². The molecule has 0 aliphatic heterocycles. The van der Waals surface area contributed by atoms with E-state index in [0.717, 1.165) is 6.42 Å². The first-order valence-electron chi connectivity index (χ1n) is 5.54. The fourth-order valence-corrected chi connectivity index (χ4v) is 1.65. The quantitative estimate of drug-likeness (QED) is 0.799. The van der Waals surface area contributed by atoms with Crippen LogP contribution in [0.4, 0.5) is 10.5 Å². The lowest BCUT2D eigenvalue weighted by Crippen LogP contribution is -2.36. The maximum atomic E-state index is 11.6. The lowest BCUT2D eigenvalue weighted by Gasteiger charge is -2.14. The van der Waals surface area contributed by atoms with Crippen molar-refractivity contribution in [2.24, 2.45) is 0 Å². The SMILES string of the molecule is CCC(C)NC(=O)Nc1cc(Br)ccc1C(=O)O. The first-order chi connectivity index (χ1) is 8.43. The van der Waals surface area contributed by atoms with Crippen LogP contribution in [0.5, 0.6) is 0 Å². The fourth-order valence-electron chi connectivity index (χ4n) is 1.29. The van der Waals surface area contributed by atoms with Gasteiger partial charge in [-0.2, -0.15) is 0 Å². The number of carbonyl (C=O) groups is 2. The molecule has 0 aromatic heterocycles. The molecule has 1 rings (SSSR count). The van der Waals surface area contributed by atoms with E-state index in [1.807, 2.05) is 13.8 Å². The third-order valence-corrected chi connectivity index (χ3v) is 2.94. The predicted octanol–water partition coefficient (Wildman–Crippen LogP) is 3.07. The molecule has 5 nitrogen and oxygen atoms in total. The summed E-state index contributed by atoms with van der Waals surface area (Å²) in [7, 11) is 0. The number of halogens is 1. The van der Waals surface area contributed by atoms with Gasteiger partial charge in [-0.1, -0.05) is 22.9 Å². The van der Waals surface area contributed by atoms with E-state index in [0.29, 0.717) is 4.47 Å². The van der Waals surface area contributed by atoms with Gasteiger partial charge in [0.05, 0.1) is 11.3 Å². The molecule has 0 aliphatic rings. The molecular formula is C12H15BrN2O3. The van der Waals surface area contributed by atoms with Gasteiger partial charge >= 0.3 is 12.0 Å². The summed E-state index contributed by atoms with van der Waals surface area (Å²) >= 11 is 3.24. The molecule has 0 bridgehead atoms. The molecule has 0 aliphatic carbocycles. The van der Waals surface area contributed by atoms with Crippen molar-refractivity contribution in [2.75, 3.05) is 5.32 Å². The lowest BCUT2D eigenvalue weighted by atomic mass is 10.2. The summed E-state index contributed by atoms with van der Waals surface area (Å²) in [6.07, 6.45) is 0.803. The average Bonchev–Trinajstić information content (AvgIpc) is 2.28. The van der Waals surface area contributed by atoms with Gasteiger partial charge < -0.3 is 15.7 Å². The smallest absolute Gasteiger partial charge is 0.337 e. The molecule has 0 radical (unpaired) electrons. The van der Waals surface area contributed by atoms with Crippen molar-refractivity contribution in [3.8, 4) is 0 Å². The van der Waals surface area contributed by atoms with Gasteiger partial charge in [0.25, 0.3) is 0 Å². The van der Waals surface area contributed by atoms with Gasteiger partial charge in [-0.25, -0.2) is 9.59 Å². The van der Waals surface area contributed by atoms with Gasteiger partial charge in [0, 0.05) is 10.5 Å². The summed E-state index contributed by atoms with van der Waals surface area (Å²) in [5.41, 5.74) is 0.315. The van der Waals surface area contributed by atoms with Crippen LogP contribution in [0, 0.1) is 0 Å². The number of rotatable bonds is 4. The second-order valence-corrected chi connectivity index (χ2v) is 4.82. The number of carbonyl (C=O) groups excluding carboxylic acids is 1. The normalized spacial score (nSPS) is 11.7. The zero-order chi connectivity index (χ0) is 13.7.